The van der Waals surface area contributed by atoms with E-state index in [4.69, 9.17) is 0 Å². The summed E-state index contributed by atoms with van der Waals surface area (Å²) in [5, 5.41) is 0. The van der Waals surface area contributed by atoms with Crippen molar-refractivity contribution >= 4 is 58.0 Å². The van der Waals surface area contributed by atoms with Gasteiger partial charge in [-0.05, 0) is 0 Å². The molecule has 0 amide bonds. The van der Waals surface area contributed by atoms with Crippen molar-refractivity contribution in [1.29, 1.82) is 0 Å². The van der Waals surface area contributed by atoms with Crippen LogP contribution in [-0.4, -0.2) is 11.9 Å². The Labute approximate surface area is 87.0 Å². The van der Waals surface area contributed by atoms with E-state index in [9.17, 15) is 9.59 Å². The molecule has 0 fully saturated rings. The van der Waals surface area contributed by atoms with Crippen LogP contribution in [0.25, 0.3) is 0 Å². The molecular weight excluding hydrogens is 366 g/mol. The number of carbonyl (C=O) groups is 2. The van der Waals surface area contributed by atoms with Crippen molar-refractivity contribution in [2.45, 2.75) is 13.8 Å². The Morgan fingerprint density at radius 2 is 1.10 bits per heavy atom. The van der Waals surface area contributed by atoms with Gasteiger partial charge >= 0.3 is 11.9 Å². The van der Waals surface area contributed by atoms with E-state index in [1.54, 1.807) is 0 Å². The predicted octanol–water partition coefficient (Wildman–Crippen LogP) is 1.80. The molecule has 0 aliphatic carbocycles. The van der Waals surface area contributed by atoms with Crippen molar-refractivity contribution in [3.05, 3.63) is 0 Å². The molecule has 0 spiro atoms. The van der Waals surface area contributed by atoms with Crippen molar-refractivity contribution in [2.75, 3.05) is 0 Å². The molecule has 0 rings (SSSR count). The zero-order valence-corrected chi connectivity index (χ0v) is 9.70. The zero-order chi connectivity index (χ0) is 8.57. The third-order valence-electron chi connectivity index (χ3n) is 0.217. The second-order valence-corrected chi connectivity index (χ2v) is 2.02. The van der Waals surface area contributed by atoms with Crippen molar-refractivity contribution in [1.82, 2.24) is 0 Å². The first-order chi connectivity index (χ1) is 4.54. The molecule has 0 aliphatic heterocycles. The van der Waals surface area contributed by atoms with Crippen molar-refractivity contribution in [3.63, 3.8) is 0 Å². The molecule has 0 N–H and O–H groups in total. The lowest BCUT2D eigenvalue weighted by molar-refractivity contribution is -0.129. The van der Waals surface area contributed by atoms with Crippen molar-refractivity contribution in [3.8, 4) is 0 Å². The van der Waals surface area contributed by atoms with Gasteiger partial charge in [0.1, 0.15) is 0 Å². The Morgan fingerprint density at radius 3 is 1.10 bits per heavy atom. The molecule has 0 unspecified atom stereocenters. The molecule has 0 aromatic carbocycles. The van der Waals surface area contributed by atoms with Gasteiger partial charge in [0, 0.05) is 13.8 Å². The summed E-state index contributed by atoms with van der Waals surface area (Å²) in [7, 11) is 0. The Morgan fingerprint density at radius 1 is 1.00 bits per heavy atom. The number of carbonyl (C=O) groups excluding carboxylic acids is 2. The maximum atomic E-state index is 9.58. The molecule has 4 nitrogen and oxygen atoms in total. The minimum Gasteiger partial charge on any atom is -0.395 e. The second-order valence-electron chi connectivity index (χ2n) is 1.14. The fraction of sp³-hybridized carbons (Fsp3) is 0.500. The first-order valence-corrected chi connectivity index (χ1v) is 3.89. The van der Waals surface area contributed by atoms with Gasteiger partial charge in [0.2, 0.25) is 0 Å². The molecule has 0 saturated heterocycles. The van der Waals surface area contributed by atoms with Gasteiger partial charge in [-0.25, -0.2) is 0 Å². The van der Waals surface area contributed by atoms with E-state index in [0.29, 0.717) is 0 Å². The van der Waals surface area contributed by atoms with Crippen LogP contribution in [0.3, 0.4) is 0 Å². The van der Waals surface area contributed by atoms with E-state index in [1.807, 2.05) is 0 Å². The molecule has 0 atom stereocenters. The van der Waals surface area contributed by atoms with E-state index in [2.05, 4.69) is 6.13 Å². The molecule has 0 radical (unpaired) electrons. The van der Waals surface area contributed by atoms with E-state index in [-0.39, 0.29) is 11.9 Å². The van der Waals surface area contributed by atoms with Crippen LogP contribution in [0.2, 0.25) is 0 Å². The second kappa shape index (κ2) is 9.40. The molecule has 6 heteroatoms. The van der Waals surface area contributed by atoms with E-state index < -0.39 is 0 Å². The summed E-state index contributed by atoms with van der Waals surface area (Å²) >= 11 is 3.06. The highest BCUT2D eigenvalue weighted by Crippen LogP contribution is 1.82. The normalized spacial score (nSPS) is 6.80. The maximum Gasteiger partial charge on any atom is 0.312 e. The summed E-state index contributed by atoms with van der Waals surface area (Å²) in [6, 6.07) is 0. The van der Waals surface area contributed by atoms with Gasteiger partial charge in [-0.2, -0.15) is 0 Å². The van der Waals surface area contributed by atoms with Crippen molar-refractivity contribution in [2.24, 2.45) is 0 Å². The van der Waals surface area contributed by atoms with Crippen LogP contribution < -0.4 is 0 Å². The Kier molecular flexibility index (Phi) is 12.2. The minimum absolute atomic E-state index is 0.259. The lowest BCUT2D eigenvalue weighted by Gasteiger charge is -1.76. The van der Waals surface area contributed by atoms with Crippen LogP contribution in [-0.2, 0) is 15.7 Å². The van der Waals surface area contributed by atoms with E-state index in [0.717, 1.165) is 0 Å². The van der Waals surface area contributed by atoms with Gasteiger partial charge in [-0.1, -0.05) is 0 Å². The van der Waals surface area contributed by atoms with Crippen LogP contribution in [0.5, 0.6) is 0 Å². The standard InChI is InChI=1S/2C2H3IO2/c2*1-2(4)5-3/h2*1H3. The van der Waals surface area contributed by atoms with Gasteiger partial charge in [0.25, 0.3) is 0 Å². The summed E-state index contributed by atoms with van der Waals surface area (Å²) in [5.74, 6) is -0.517. The summed E-state index contributed by atoms with van der Waals surface area (Å²) < 4.78 is 8.16. The Bertz CT molecular complexity index is 99.8. The highest BCUT2D eigenvalue weighted by atomic mass is 127. The van der Waals surface area contributed by atoms with Gasteiger partial charge < -0.3 is 6.13 Å². The topological polar surface area (TPSA) is 52.6 Å². The number of rotatable bonds is 0. The van der Waals surface area contributed by atoms with Crippen molar-refractivity contribution < 1.29 is 15.7 Å². The quantitative estimate of drug-likeness (QED) is 0.609. The Hall–Kier alpha value is 0.400. The third kappa shape index (κ3) is 23.8. The third-order valence-corrected chi connectivity index (χ3v) is 1.46. The average molecular weight is 372 g/mol. The number of hydrogen-bond acceptors (Lipinski definition) is 4. The number of hydrogen-bond donors (Lipinski definition) is 0. The van der Waals surface area contributed by atoms with Gasteiger partial charge in [-0.15, -0.1) is 0 Å². The van der Waals surface area contributed by atoms with E-state index >= 15 is 0 Å². The SMILES string of the molecule is CC(=O)OI.CC(=O)OI. The predicted molar refractivity (Wildman–Crippen MR) is 51.6 cm³/mol. The molecule has 0 heterocycles. The minimum atomic E-state index is -0.259. The zero-order valence-electron chi connectivity index (χ0n) is 5.39. The van der Waals surface area contributed by atoms with Crippen LogP contribution >= 0.6 is 46.0 Å². The summed E-state index contributed by atoms with van der Waals surface area (Å²) in [4.78, 5) is 19.2. The molecule has 0 bridgehead atoms. The Balaban J connectivity index is 0. The smallest absolute Gasteiger partial charge is 0.312 e. The van der Waals surface area contributed by atoms with Gasteiger partial charge in [0.05, 0.1) is 0 Å². The van der Waals surface area contributed by atoms with Crippen LogP contribution in [0.4, 0.5) is 0 Å². The fourth-order valence-electron chi connectivity index (χ4n) is 0. The van der Waals surface area contributed by atoms with Gasteiger partial charge in [0.15, 0.2) is 46.0 Å². The number of halogens is 2. The highest BCUT2D eigenvalue weighted by Gasteiger charge is 1.79. The first kappa shape index (κ1) is 13.0. The van der Waals surface area contributed by atoms with Crippen LogP contribution in [0.1, 0.15) is 13.8 Å². The van der Waals surface area contributed by atoms with Gasteiger partial charge in [-0.3, -0.25) is 9.59 Å². The van der Waals surface area contributed by atoms with E-state index in [1.165, 1.54) is 59.9 Å². The molecule has 0 saturated carbocycles. The largest absolute Gasteiger partial charge is 0.395 e. The lowest BCUT2D eigenvalue weighted by Crippen LogP contribution is -1.81. The molecule has 0 aromatic rings. The summed E-state index contributed by atoms with van der Waals surface area (Å²) in [6.45, 7) is 2.71. The summed E-state index contributed by atoms with van der Waals surface area (Å²) in [6.07, 6.45) is 0. The van der Waals surface area contributed by atoms with Crippen LogP contribution in [0, 0.1) is 0 Å². The van der Waals surface area contributed by atoms with Crippen LogP contribution in [0.15, 0.2) is 0 Å². The summed E-state index contributed by atoms with van der Waals surface area (Å²) in [5.41, 5.74) is 0. The highest BCUT2D eigenvalue weighted by molar-refractivity contribution is 14.1. The molecular formula is C4H6I2O4. The molecule has 10 heavy (non-hydrogen) atoms. The average Bonchev–Trinajstić information content (AvgIpc) is 1.89. The monoisotopic (exact) mass is 372 g/mol. The maximum absolute atomic E-state index is 9.58. The molecule has 0 aliphatic rings. The fourth-order valence-corrected chi connectivity index (χ4v) is 0. The lowest BCUT2D eigenvalue weighted by atomic mass is 10.9. The molecule has 0 aromatic heterocycles. The first-order valence-electron chi connectivity index (χ1n) is 2.13. The molecule has 60 valence electrons.